The van der Waals surface area contributed by atoms with E-state index in [4.69, 9.17) is 5.11 Å². The van der Waals surface area contributed by atoms with Gasteiger partial charge in [-0.3, -0.25) is 14.9 Å². The highest BCUT2D eigenvalue weighted by Crippen LogP contribution is 2.26. The molecule has 2 rings (SSSR count). The average molecular weight is 300 g/mol. The van der Waals surface area contributed by atoms with E-state index in [0.717, 1.165) is 4.90 Å². The second-order valence-corrected chi connectivity index (χ2v) is 4.54. The van der Waals surface area contributed by atoms with E-state index in [-0.39, 0.29) is 19.0 Å². The Hall–Kier alpha value is -2.58. The lowest BCUT2D eigenvalue weighted by atomic mass is 10.1. The van der Waals surface area contributed by atoms with Gasteiger partial charge in [-0.1, -0.05) is 0 Å². The zero-order valence-electron chi connectivity index (χ0n) is 10.6. The monoisotopic (exact) mass is 300 g/mol. The third-order valence-corrected chi connectivity index (χ3v) is 3.26. The maximum Gasteiger partial charge on any atom is 0.326 e. The highest BCUT2D eigenvalue weighted by molar-refractivity contribution is 5.97. The third kappa shape index (κ3) is 2.67. The number of likely N-dealkylation sites (tertiary alicyclic amines) is 1. The number of aliphatic carboxylic acids is 1. The highest BCUT2D eigenvalue weighted by atomic mass is 19.1. The minimum atomic E-state index is -1.40. The lowest BCUT2D eigenvalue weighted by Crippen LogP contribution is -2.40. The average Bonchev–Trinajstić information content (AvgIpc) is 2.86. The van der Waals surface area contributed by atoms with Crippen molar-refractivity contribution >= 4 is 17.6 Å². The molecule has 1 atom stereocenters. The molecule has 112 valence electrons. The predicted octanol–water partition coefficient (Wildman–Crippen LogP) is 1.56. The van der Waals surface area contributed by atoms with Crippen molar-refractivity contribution in [3.8, 4) is 0 Å². The first-order valence-corrected chi connectivity index (χ1v) is 6.00. The van der Waals surface area contributed by atoms with Gasteiger partial charge in [-0.15, -0.1) is 0 Å². The van der Waals surface area contributed by atoms with Gasteiger partial charge in [0.15, 0.2) is 0 Å². The number of amides is 1. The molecule has 7 nitrogen and oxygen atoms in total. The summed E-state index contributed by atoms with van der Waals surface area (Å²) in [5.74, 6) is -4.90. The van der Waals surface area contributed by atoms with Crippen LogP contribution in [0.1, 0.15) is 23.2 Å². The van der Waals surface area contributed by atoms with Gasteiger partial charge in [-0.05, 0) is 12.8 Å². The molecule has 1 aromatic rings. The molecule has 0 unspecified atom stereocenters. The Morgan fingerprint density at radius 2 is 2.00 bits per heavy atom. The molecule has 1 aliphatic rings. The van der Waals surface area contributed by atoms with Crippen LogP contribution in [0.25, 0.3) is 0 Å². The molecule has 1 heterocycles. The molecule has 1 aliphatic heterocycles. The van der Waals surface area contributed by atoms with Gasteiger partial charge in [0.1, 0.15) is 11.9 Å². The minimum Gasteiger partial charge on any atom is -0.480 e. The second-order valence-electron chi connectivity index (χ2n) is 4.54. The Labute approximate surface area is 116 Å². The van der Waals surface area contributed by atoms with Crippen LogP contribution in [-0.4, -0.2) is 39.4 Å². The molecule has 0 bridgehead atoms. The normalized spacial score (nSPS) is 17.8. The van der Waals surface area contributed by atoms with Crippen molar-refractivity contribution in [1.29, 1.82) is 0 Å². The summed E-state index contributed by atoms with van der Waals surface area (Å²) in [6.07, 6.45) is 0.638. The van der Waals surface area contributed by atoms with Gasteiger partial charge in [0.2, 0.25) is 5.82 Å². The smallest absolute Gasteiger partial charge is 0.326 e. The number of benzene rings is 1. The summed E-state index contributed by atoms with van der Waals surface area (Å²) < 4.78 is 26.9. The van der Waals surface area contributed by atoms with E-state index in [9.17, 15) is 28.5 Å². The third-order valence-electron chi connectivity index (χ3n) is 3.26. The van der Waals surface area contributed by atoms with E-state index in [2.05, 4.69) is 0 Å². The number of carbonyl (C=O) groups excluding carboxylic acids is 1. The van der Waals surface area contributed by atoms with Crippen molar-refractivity contribution in [2.75, 3.05) is 6.54 Å². The quantitative estimate of drug-likeness (QED) is 0.674. The second kappa shape index (κ2) is 5.43. The van der Waals surface area contributed by atoms with Gasteiger partial charge < -0.3 is 10.0 Å². The molecule has 1 amide bonds. The number of carbonyl (C=O) groups is 2. The Bertz CT molecular complexity index is 634. The first kappa shape index (κ1) is 14.8. The fourth-order valence-corrected chi connectivity index (χ4v) is 2.26. The SMILES string of the molecule is O=C(O)[C@@H]1CCCN1C(=O)c1cc([N+](=O)[O-])c(F)cc1F. The lowest BCUT2D eigenvalue weighted by molar-refractivity contribution is -0.387. The van der Waals surface area contributed by atoms with Gasteiger partial charge >= 0.3 is 11.7 Å². The van der Waals surface area contributed by atoms with Crippen molar-refractivity contribution < 1.29 is 28.4 Å². The summed E-state index contributed by atoms with van der Waals surface area (Å²) in [4.78, 5) is 33.6. The number of carboxylic acid groups (broad SMARTS) is 1. The van der Waals surface area contributed by atoms with E-state index in [1.165, 1.54) is 0 Å². The van der Waals surface area contributed by atoms with Crippen LogP contribution >= 0.6 is 0 Å². The fraction of sp³-hybridized carbons (Fsp3) is 0.333. The molecule has 0 spiro atoms. The van der Waals surface area contributed by atoms with Crippen molar-refractivity contribution in [2.24, 2.45) is 0 Å². The fourth-order valence-electron chi connectivity index (χ4n) is 2.26. The summed E-state index contributed by atoms with van der Waals surface area (Å²) in [6.45, 7) is 0.0976. The number of nitro groups is 1. The molecular formula is C12H10F2N2O5. The number of nitrogens with zero attached hydrogens (tertiary/aromatic N) is 2. The minimum absolute atomic E-state index is 0.0976. The molecule has 0 aliphatic carbocycles. The topological polar surface area (TPSA) is 101 Å². The first-order valence-electron chi connectivity index (χ1n) is 6.00. The van der Waals surface area contributed by atoms with Gasteiger partial charge in [-0.25, -0.2) is 9.18 Å². The number of rotatable bonds is 3. The van der Waals surface area contributed by atoms with Crippen LogP contribution in [0.15, 0.2) is 12.1 Å². The van der Waals surface area contributed by atoms with Crippen molar-refractivity contribution in [2.45, 2.75) is 18.9 Å². The van der Waals surface area contributed by atoms with Gasteiger partial charge in [0, 0.05) is 18.7 Å². The Kier molecular flexibility index (Phi) is 3.83. The van der Waals surface area contributed by atoms with E-state index >= 15 is 0 Å². The number of halogens is 2. The van der Waals surface area contributed by atoms with Crippen LogP contribution < -0.4 is 0 Å². The Morgan fingerprint density at radius 3 is 2.57 bits per heavy atom. The van der Waals surface area contributed by atoms with E-state index in [1.54, 1.807) is 0 Å². The zero-order valence-corrected chi connectivity index (χ0v) is 10.6. The maximum atomic E-state index is 13.7. The van der Waals surface area contributed by atoms with Crippen LogP contribution in [0.5, 0.6) is 0 Å². The van der Waals surface area contributed by atoms with Crippen LogP contribution in [0.3, 0.4) is 0 Å². The summed E-state index contributed by atoms with van der Waals surface area (Å²) >= 11 is 0. The van der Waals surface area contributed by atoms with Crippen LogP contribution in [0.4, 0.5) is 14.5 Å². The summed E-state index contributed by atoms with van der Waals surface area (Å²) in [7, 11) is 0. The van der Waals surface area contributed by atoms with Gasteiger partial charge in [-0.2, -0.15) is 4.39 Å². The van der Waals surface area contributed by atoms with Crippen molar-refractivity contribution in [3.63, 3.8) is 0 Å². The Morgan fingerprint density at radius 1 is 1.33 bits per heavy atom. The van der Waals surface area contributed by atoms with Crippen molar-refractivity contribution in [1.82, 2.24) is 4.90 Å². The standard InChI is InChI=1S/C12H10F2N2O5/c13-7-5-8(14)10(16(20)21)4-6(7)11(17)15-3-1-2-9(15)12(18)19/h4-5,9H,1-3H2,(H,18,19)/t9-/m0/s1. The van der Waals surface area contributed by atoms with E-state index in [0.29, 0.717) is 12.5 Å². The summed E-state index contributed by atoms with van der Waals surface area (Å²) in [5, 5.41) is 19.6. The number of hydrogen-bond acceptors (Lipinski definition) is 4. The molecule has 1 N–H and O–H groups in total. The molecule has 0 radical (unpaired) electrons. The van der Waals surface area contributed by atoms with Crippen LogP contribution in [0, 0.1) is 21.7 Å². The van der Waals surface area contributed by atoms with Crippen LogP contribution in [0.2, 0.25) is 0 Å². The molecule has 1 aromatic carbocycles. The van der Waals surface area contributed by atoms with Gasteiger partial charge in [0.05, 0.1) is 10.5 Å². The molecule has 9 heteroatoms. The number of carboxylic acids is 1. The highest BCUT2D eigenvalue weighted by Gasteiger charge is 2.36. The van der Waals surface area contributed by atoms with E-state index in [1.807, 2.05) is 0 Å². The number of hydrogen-bond donors (Lipinski definition) is 1. The molecule has 0 aromatic heterocycles. The largest absolute Gasteiger partial charge is 0.480 e. The predicted molar refractivity (Wildman–Crippen MR) is 64.7 cm³/mol. The van der Waals surface area contributed by atoms with Crippen molar-refractivity contribution in [3.05, 3.63) is 39.4 Å². The number of nitro benzene ring substituents is 1. The molecule has 21 heavy (non-hydrogen) atoms. The maximum absolute atomic E-state index is 13.7. The molecule has 1 fully saturated rings. The summed E-state index contributed by atoms with van der Waals surface area (Å²) in [5.41, 5.74) is -1.75. The molecule has 1 saturated heterocycles. The van der Waals surface area contributed by atoms with Gasteiger partial charge in [0.25, 0.3) is 5.91 Å². The zero-order chi connectivity index (χ0) is 15.7. The van der Waals surface area contributed by atoms with E-state index < -0.39 is 45.7 Å². The summed E-state index contributed by atoms with van der Waals surface area (Å²) in [6, 6.07) is -0.373. The molecule has 0 saturated carbocycles. The Balaban J connectivity index is 2.41. The lowest BCUT2D eigenvalue weighted by Gasteiger charge is -2.21. The first-order chi connectivity index (χ1) is 9.82. The molecular weight excluding hydrogens is 290 g/mol. The van der Waals surface area contributed by atoms with Crippen LogP contribution in [-0.2, 0) is 4.79 Å².